The maximum Gasteiger partial charge on any atom is 0.304 e. The van der Waals surface area contributed by atoms with Gasteiger partial charge in [0.15, 0.2) is 0 Å². The topological polar surface area (TPSA) is 63.1 Å². The molecular formula is C9H12N2O2S. The molecule has 0 aromatic carbocycles. The first kappa shape index (κ1) is 11.0. The molecule has 1 unspecified atom stereocenters. The molecule has 1 rings (SSSR count). The molecule has 5 heteroatoms. The molecule has 1 atom stereocenters. The molecule has 0 aliphatic rings. The van der Waals surface area contributed by atoms with Gasteiger partial charge in [0.05, 0.1) is 11.4 Å². The van der Waals surface area contributed by atoms with Crippen LogP contribution in [0.2, 0.25) is 0 Å². The lowest BCUT2D eigenvalue weighted by Crippen LogP contribution is -2.05. The average molecular weight is 212 g/mol. The summed E-state index contributed by atoms with van der Waals surface area (Å²) < 4.78 is 0. The van der Waals surface area contributed by atoms with Crippen molar-refractivity contribution >= 4 is 17.7 Å². The minimum absolute atomic E-state index is 0.0294. The molecule has 0 radical (unpaired) electrons. The van der Waals surface area contributed by atoms with E-state index in [1.54, 1.807) is 0 Å². The van der Waals surface area contributed by atoms with E-state index in [2.05, 4.69) is 9.97 Å². The van der Waals surface area contributed by atoms with E-state index in [-0.39, 0.29) is 11.7 Å². The molecule has 0 aliphatic carbocycles. The molecule has 4 nitrogen and oxygen atoms in total. The van der Waals surface area contributed by atoms with E-state index in [4.69, 9.17) is 5.11 Å². The van der Waals surface area contributed by atoms with Crippen molar-refractivity contribution in [2.24, 2.45) is 0 Å². The predicted octanol–water partition coefficient (Wildman–Crippen LogP) is 1.74. The highest BCUT2D eigenvalue weighted by molar-refractivity contribution is 7.99. The smallest absolute Gasteiger partial charge is 0.304 e. The Kier molecular flexibility index (Phi) is 3.88. The van der Waals surface area contributed by atoms with E-state index in [1.807, 2.05) is 19.9 Å². The first-order valence-electron chi connectivity index (χ1n) is 4.25. The second-order valence-electron chi connectivity index (χ2n) is 3.02. The number of hydrogen-bond donors (Lipinski definition) is 1. The molecule has 1 heterocycles. The number of aliphatic carboxylic acids is 1. The fourth-order valence-electron chi connectivity index (χ4n) is 0.988. The van der Waals surface area contributed by atoms with Gasteiger partial charge >= 0.3 is 5.97 Å². The van der Waals surface area contributed by atoms with Gasteiger partial charge < -0.3 is 5.11 Å². The standard InChI is InChI=1S/C9H12N2O2S/c1-6-3-8(11-5-10-6)14-7(2)4-9(12)13/h3,5,7H,4H2,1-2H3,(H,12,13). The van der Waals surface area contributed by atoms with Gasteiger partial charge in [-0.2, -0.15) is 0 Å². The minimum Gasteiger partial charge on any atom is -0.481 e. The quantitative estimate of drug-likeness (QED) is 0.608. The first-order chi connectivity index (χ1) is 6.58. The van der Waals surface area contributed by atoms with Crippen molar-refractivity contribution in [1.29, 1.82) is 0 Å². The molecule has 1 aromatic heterocycles. The number of carboxylic acids is 1. The Bertz CT molecular complexity index is 330. The lowest BCUT2D eigenvalue weighted by Gasteiger charge is -2.06. The van der Waals surface area contributed by atoms with Crippen LogP contribution in [0.3, 0.4) is 0 Å². The fourth-order valence-corrected chi connectivity index (χ4v) is 1.97. The maximum absolute atomic E-state index is 10.4. The molecule has 0 fully saturated rings. The van der Waals surface area contributed by atoms with Gasteiger partial charge in [0.2, 0.25) is 0 Å². The summed E-state index contributed by atoms with van der Waals surface area (Å²) in [6.07, 6.45) is 1.64. The lowest BCUT2D eigenvalue weighted by atomic mass is 10.3. The largest absolute Gasteiger partial charge is 0.481 e. The maximum atomic E-state index is 10.4. The van der Waals surface area contributed by atoms with Gasteiger partial charge in [-0.05, 0) is 13.0 Å². The molecule has 1 N–H and O–H groups in total. The van der Waals surface area contributed by atoms with Crippen LogP contribution in [0.1, 0.15) is 19.0 Å². The van der Waals surface area contributed by atoms with Crippen molar-refractivity contribution in [2.75, 3.05) is 0 Å². The summed E-state index contributed by atoms with van der Waals surface area (Å²) in [6.45, 7) is 3.75. The number of carbonyl (C=O) groups is 1. The molecule has 0 saturated heterocycles. The van der Waals surface area contributed by atoms with Gasteiger partial charge in [-0.1, -0.05) is 6.92 Å². The van der Waals surface area contributed by atoms with E-state index in [0.717, 1.165) is 10.7 Å². The van der Waals surface area contributed by atoms with Crippen molar-refractivity contribution in [3.8, 4) is 0 Å². The number of rotatable bonds is 4. The molecule has 0 spiro atoms. The SMILES string of the molecule is Cc1cc(SC(C)CC(=O)O)ncn1. The number of aromatic nitrogens is 2. The molecular weight excluding hydrogens is 200 g/mol. The molecule has 1 aromatic rings. The highest BCUT2D eigenvalue weighted by Gasteiger charge is 2.09. The zero-order valence-corrected chi connectivity index (χ0v) is 8.91. The molecule has 14 heavy (non-hydrogen) atoms. The Labute approximate surface area is 86.8 Å². The normalized spacial score (nSPS) is 12.4. The van der Waals surface area contributed by atoms with Gasteiger partial charge in [0, 0.05) is 10.9 Å². The van der Waals surface area contributed by atoms with Crippen molar-refractivity contribution in [3.05, 3.63) is 18.1 Å². The van der Waals surface area contributed by atoms with Gasteiger partial charge in [0.25, 0.3) is 0 Å². The lowest BCUT2D eigenvalue weighted by molar-refractivity contribution is -0.136. The summed E-state index contributed by atoms with van der Waals surface area (Å²) in [5, 5.41) is 9.43. The van der Waals surface area contributed by atoms with Crippen molar-refractivity contribution in [3.63, 3.8) is 0 Å². The van der Waals surface area contributed by atoms with E-state index < -0.39 is 5.97 Å². The Hall–Kier alpha value is -1.10. The Morgan fingerprint density at radius 1 is 1.64 bits per heavy atom. The van der Waals surface area contributed by atoms with Crippen LogP contribution in [-0.4, -0.2) is 26.3 Å². The van der Waals surface area contributed by atoms with E-state index in [9.17, 15) is 4.79 Å². The van der Waals surface area contributed by atoms with Gasteiger partial charge in [-0.25, -0.2) is 9.97 Å². The fraction of sp³-hybridized carbons (Fsp3) is 0.444. The molecule has 0 bridgehead atoms. The van der Waals surface area contributed by atoms with Crippen molar-refractivity contribution in [2.45, 2.75) is 30.5 Å². The third-order valence-electron chi connectivity index (χ3n) is 1.56. The number of aryl methyl sites for hydroxylation is 1. The number of carboxylic acid groups (broad SMARTS) is 1. The Morgan fingerprint density at radius 3 is 2.93 bits per heavy atom. The predicted molar refractivity (Wildman–Crippen MR) is 54.3 cm³/mol. The molecule has 0 amide bonds. The van der Waals surface area contributed by atoms with Crippen LogP contribution >= 0.6 is 11.8 Å². The van der Waals surface area contributed by atoms with E-state index >= 15 is 0 Å². The number of thioether (sulfide) groups is 1. The third-order valence-corrected chi connectivity index (χ3v) is 2.60. The molecule has 0 aliphatic heterocycles. The zero-order valence-electron chi connectivity index (χ0n) is 8.10. The highest BCUT2D eigenvalue weighted by Crippen LogP contribution is 2.22. The summed E-state index contributed by atoms with van der Waals surface area (Å²) in [6, 6.07) is 1.85. The summed E-state index contributed by atoms with van der Waals surface area (Å²) >= 11 is 1.45. The summed E-state index contributed by atoms with van der Waals surface area (Å²) in [5.74, 6) is -0.782. The minimum atomic E-state index is -0.782. The van der Waals surface area contributed by atoms with Crippen molar-refractivity contribution < 1.29 is 9.90 Å². The van der Waals surface area contributed by atoms with Crippen LogP contribution in [0.15, 0.2) is 17.4 Å². The third kappa shape index (κ3) is 3.74. The van der Waals surface area contributed by atoms with E-state index in [1.165, 1.54) is 18.1 Å². The zero-order chi connectivity index (χ0) is 10.6. The Morgan fingerprint density at radius 2 is 2.36 bits per heavy atom. The monoisotopic (exact) mass is 212 g/mol. The van der Waals surface area contributed by atoms with Crippen LogP contribution in [-0.2, 0) is 4.79 Å². The van der Waals surface area contributed by atoms with Crippen LogP contribution in [0.5, 0.6) is 0 Å². The second kappa shape index (κ2) is 4.95. The first-order valence-corrected chi connectivity index (χ1v) is 5.13. The van der Waals surface area contributed by atoms with E-state index in [0.29, 0.717) is 0 Å². The summed E-state index contributed by atoms with van der Waals surface area (Å²) in [4.78, 5) is 18.4. The number of hydrogen-bond acceptors (Lipinski definition) is 4. The highest BCUT2D eigenvalue weighted by atomic mass is 32.2. The second-order valence-corrected chi connectivity index (χ2v) is 4.48. The molecule has 0 saturated carbocycles. The van der Waals surface area contributed by atoms with Gasteiger partial charge in [-0.15, -0.1) is 11.8 Å². The van der Waals surface area contributed by atoms with Crippen molar-refractivity contribution in [1.82, 2.24) is 9.97 Å². The van der Waals surface area contributed by atoms with Gasteiger partial charge in [0.1, 0.15) is 6.33 Å². The average Bonchev–Trinajstić information content (AvgIpc) is 2.01. The van der Waals surface area contributed by atoms with Gasteiger partial charge in [-0.3, -0.25) is 4.79 Å². The summed E-state index contributed by atoms with van der Waals surface area (Å²) in [7, 11) is 0. The van der Waals surface area contributed by atoms with Crippen LogP contribution in [0.25, 0.3) is 0 Å². The molecule has 76 valence electrons. The summed E-state index contributed by atoms with van der Waals surface area (Å²) in [5.41, 5.74) is 0.894. The number of nitrogens with zero attached hydrogens (tertiary/aromatic N) is 2. The van der Waals surface area contributed by atoms with Crippen LogP contribution in [0, 0.1) is 6.92 Å². The Balaban J connectivity index is 2.55. The van der Waals surface area contributed by atoms with Crippen LogP contribution in [0.4, 0.5) is 0 Å². The van der Waals surface area contributed by atoms with Crippen LogP contribution < -0.4 is 0 Å².